The predicted molar refractivity (Wildman–Crippen MR) is 57.5 cm³/mol. The van der Waals surface area contributed by atoms with Crippen LogP contribution in [0.25, 0.3) is 0 Å². The van der Waals surface area contributed by atoms with Crippen molar-refractivity contribution in [2.24, 2.45) is 11.8 Å². The SMILES string of the molecule is CCC=CC[C@@H]1C(=O)CC[C@H]1CC(=O)O. The van der Waals surface area contributed by atoms with E-state index >= 15 is 0 Å². The summed E-state index contributed by atoms with van der Waals surface area (Å²) in [5.41, 5.74) is 0. The van der Waals surface area contributed by atoms with Gasteiger partial charge in [0.25, 0.3) is 0 Å². The molecular weight excluding hydrogens is 192 g/mol. The molecule has 2 atom stereocenters. The van der Waals surface area contributed by atoms with Crippen molar-refractivity contribution in [1.29, 1.82) is 0 Å². The molecule has 1 N–H and O–H groups in total. The van der Waals surface area contributed by atoms with Crippen molar-refractivity contribution in [3.05, 3.63) is 12.2 Å². The Labute approximate surface area is 90.2 Å². The zero-order valence-electron chi connectivity index (χ0n) is 9.11. The van der Waals surface area contributed by atoms with E-state index in [1.165, 1.54) is 0 Å². The predicted octanol–water partition coefficient (Wildman–Crippen LogP) is 2.41. The third kappa shape index (κ3) is 3.50. The summed E-state index contributed by atoms with van der Waals surface area (Å²) in [6.45, 7) is 2.04. The number of Topliss-reactive ketones (excluding diaryl/α,β-unsaturated/α-hetero) is 1. The number of carbonyl (C=O) groups excluding carboxylic acids is 1. The van der Waals surface area contributed by atoms with Crippen LogP contribution >= 0.6 is 0 Å². The minimum absolute atomic E-state index is 0.0519. The molecule has 0 saturated heterocycles. The van der Waals surface area contributed by atoms with E-state index in [9.17, 15) is 9.59 Å². The number of carboxylic acids is 1. The van der Waals surface area contributed by atoms with Gasteiger partial charge in [0.05, 0.1) is 0 Å². The Hall–Kier alpha value is -1.12. The van der Waals surface area contributed by atoms with Gasteiger partial charge in [0.1, 0.15) is 5.78 Å². The fourth-order valence-corrected chi connectivity index (χ4v) is 2.18. The molecule has 0 spiro atoms. The maximum Gasteiger partial charge on any atom is 0.303 e. The van der Waals surface area contributed by atoms with E-state index in [-0.39, 0.29) is 24.0 Å². The second-order valence-electron chi connectivity index (χ2n) is 4.08. The van der Waals surface area contributed by atoms with Crippen molar-refractivity contribution >= 4 is 11.8 Å². The Balaban J connectivity index is 2.52. The first-order valence-corrected chi connectivity index (χ1v) is 5.54. The first-order valence-electron chi connectivity index (χ1n) is 5.54. The molecule has 0 bridgehead atoms. The summed E-state index contributed by atoms with van der Waals surface area (Å²) in [4.78, 5) is 22.1. The summed E-state index contributed by atoms with van der Waals surface area (Å²) in [6, 6.07) is 0. The smallest absolute Gasteiger partial charge is 0.303 e. The highest BCUT2D eigenvalue weighted by molar-refractivity contribution is 5.84. The molecule has 0 unspecified atom stereocenters. The van der Waals surface area contributed by atoms with Crippen LogP contribution in [-0.4, -0.2) is 16.9 Å². The molecule has 0 radical (unpaired) electrons. The normalized spacial score (nSPS) is 26.3. The quantitative estimate of drug-likeness (QED) is 0.709. The van der Waals surface area contributed by atoms with Gasteiger partial charge in [0.2, 0.25) is 0 Å². The number of hydrogen-bond acceptors (Lipinski definition) is 2. The van der Waals surface area contributed by atoms with Gasteiger partial charge < -0.3 is 5.11 Å². The first-order chi connectivity index (χ1) is 7.15. The van der Waals surface area contributed by atoms with Crippen LogP contribution < -0.4 is 0 Å². The molecule has 1 aliphatic rings. The molecule has 0 aromatic carbocycles. The van der Waals surface area contributed by atoms with E-state index in [4.69, 9.17) is 5.11 Å². The van der Waals surface area contributed by atoms with E-state index in [2.05, 4.69) is 0 Å². The van der Waals surface area contributed by atoms with E-state index in [1.54, 1.807) is 0 Å². The monoisotopic (exact) mass is 210 g/mol. The van der Waals surface area contributed by atoms with Crippen molar-refractivity contribution in [1.82, 2.24) is 0 Å². The molecule has 0 amide bonds. The van der Waals surface area contributed by atoms with Crippen LogP contribution in [0.15, 0.2) is 12.2 Å². The molecule has 1 aliphatic carbocycles. The van der Waals surface area contributed by atoms with Gasteiger partial charge in [-0.25, -0.2) is 0 Å². The topological polar surface area (TPSA) is 54.4 Å². The third-order valence-corrected chi connectivity index (χ3v) is 2.97. The molecule has 84 valence electrons. The average Bonchev–Trinajstić information content (AvgIpc) is 2.49. The summed E-state index contributed by atoms with van der Waals surface area (Å²) >= 11 is 0. The molecular formula is C12H18O3. The number of rotatable bonds is 5. The number of allylic oxidation sites excluding steroid dienone is 2. The lowest BCUT2D eigenvalue weighted by Gasteiger charge is -2.14. The number of aliphatic carboxylic acids is 1. The van der Waals surface area contributed by atoms with Crippen molar-refractivity contribution in [2.75, 3.05) is 0 Å². The van der Waals surface area contributed by atoms with E-state index in [0.717, 1.165) is 12.8 Å². The first kappa shape index (κ1) is 12.0. The lowest BCUT2D eigenvalue weighted by molar-refractivity contribution is -0.138. The minimum Gasteiger partial charge on any atom is -0.481 e. The van der Waals surface area contributed by atoms with Gasteiger partial charge in [-0.05, 0) is 25.2 Å². The number of carboxylic acid groups (broad SMARTS) is 1. The van der Waals surface area contributed by atoms with E-state index in [1.807, 2.05) is 19.1 Å². The average molecular weight is 210 g/mol. The second kappa shape index (κ2) is 5.69. The van der Waals surface area contributed by atoms with Crippen LogP contribution in [0.4, 0.5) is 0 Å². The van der Waals surface area contributed by atoms with Crippen LogP contribution in [0, 0.1) is 11.8 Å². The van der Waals surface area contributed by atoms with Gasteiger partial charge >= 0.3 is 5.97 Å². The highest BCUT2D eigenvalue weighted by atomic mass is 16.4. The number of hydrogen-bond donors (Lipinski definition) is 1. The Morgan fingerprint density at radius 1 is 1.53 bits per heavy atom. The maximum atomic E-state index is 11.5. The zero-order chi connectivity index (χ0) is 11.3. The van der Waals surface area contributed by atoms with Crippen molar-refractivity contribution in [3.8, 4) is 0 Å². The standard InChI is InChI=1S/C12H18O3/c1-2-3-4-5-10-9(8-12(14)15)6-7-11(10)13/h3-4,9-10H,2,5-8H2,1H3,(H,14,15)/t9-,10-/m0/s1. The highest BCUT2D eigenvalue weighted by Crippen LogP contribution is 2.33. The molecule has 1 saturated carbocycles. The van der Waals surface area contributed by atoms with Crippen LogP contribution in [0.5, 0.6) is 0 Å². The fourth-order valence-electron chi connectivity index (χ4n) is 2.18. The molecule has 3 heteroatoms. The second-order valence-corrected chi connectivity index (χ2v) is 4.08. The van der Waals surface area contributed by atoms with Gasteiger partial charge in [-0.2, -0.15) is 0 Å². The zero-order valence-corrected chi connectivity index (χ0v) is 9.11. The van der Waals surface area contributed by atoms with Crippen molar-refractivity contribution in [2.45, 2.75) is 39.0 Å². The molecule has 1 fully saturated rings. The molecule has 1 rings (SSSR count). The summed E-state index contributed by atoms with van der Waals surface area (Å²) in [6.07, 6.45) is 7.15. The van der Waals surface area contributed by atoms with E-state index in [0.29, 0.717) is 12.8 Å². The number of ketones is 1. The lowest BCUT2D eigenvalue weighted by atomic mass is 9.89. The van der Waals surface area contributed by atoms with Gasteiger partial charge in [0.15, 0.2) is 0 Å². The molecule has 0 aromatic heterocycles. The Morgan fingerprint density at radius 3 is 2.87 bits per heavy atom. The molecule has 15 heavy (non-hydrogen) atoms. The van der Waals surface area contributed by atoms with Crippen LogP contribution in [0.3, 0.4) is 0 Å². The lowest BCUT2D eigenvalue weighted by Crippen LogP contribution is -2.17. The summed E-state index contributed by atoms with van der Waals surface area (Å²) < 4.78 is 0. The largest absolute Gasteiger partial charge is 0.481 e. The van der Waals surface area contributed by atoms with Gasteiger partial charge in [-0.1, -0.05) is 19.1 Å². The molecule has 0 aromatic rings. The van der Waals surface area contributed by atoms with Gasteiger partial charge in [-0.15, -0.1) is 0 Å². The Bertz CT molecular complexity index is 268. The summed E-state index contributed by atoms with van der Waals surface area (Å²) in [7, 11) is 0. The molecule has 3 nitrogen and oxygen atoms in total. The summed E-state index contributed by atoms with van der Waals surface area (Å²) in [5, 5.41) is 8.72. The van der Waals surface area contributed by atoms with Crippen LogP contribution in [0.2, 0.25) is 0 Å². The van der Waals surface area contributed by atoms with Crippen LogP contribution in [-0.2, 0) is 9.59 Å². The molecule has 0 aliphatic heterocycles. The van der Waals surface area contributed by atoms with Crippen LogP contribution in [0.1, 0.15) is 39.0 Å². The van der Waals surface area contributed by atoms with Crippen molar-refractivity contribution < 1.29 is 14.7 Å². The van der Waals surface area contributed by atoms with E-state index < -0.39 is 5.97 Å². The molecule has 0 heterocycles. The summed E-state index contributed by atoms with van der Waals surface area (Å²) in [5.74, 6) is -0.554. The fraction of sp³-hybridized carbons (Fsp3) is 0.667. The van der Waals surface area contributed by atoms with Gasteiger partial charge in [0, 0.05) is 18.8 Å². The highest BCUT2D eigenvalue weighted by Gasteiger charge is 2.34. The van der Waals surface area contributed by atoms with Crippen molar-refractivity contribution in [3.63, 3.8) is 0 Å². The Morgan fingerprint density at radius 2 is 2.27 bits per heavy atom. The number of carbonyl (C=O) groups is 2. The maximum absolute atomic E-state index is 11.5. The third-order valence-electron chi connectivity index (χ3n) is 2.97. The Kier molecular flexibility index (Phi) is 4.53. The van der Waals surface area contributed by atoms with Gasteiger partial charge in [-0.3, -0.25) is 9.59 Å². The minimum atomic E-state index is -0.792.